The van der Waals surface area contributed by atoms with Crippen LogP contribution >= 0.6 is 0 Å². The van der Waals surface area contributed by atoms with E-state index in [0.29, 0.717) is 0 Å². The van der Waals surface area contributed by atoms with Crippen LogP contribution in [0.3, 0.4) is 0 Å². The number of benzene rings is 1. The van der Waals surface area contributed by atoms with Crippen molar-refractivity contribution in [2.75, 3.05) is 26.7 Å². The average Bonchev–Trinajstić information content (AvgIpc) is 2.45. The minimum Gasteiger partial charge on any atom is -0.316 e. The van der Waals surface area contributed by atoms with E-state index in [2.05, 4.69) is 55.4 Å². The van der Waals surface area contributed by atoms with E-state index in [4.69, 9.17) is 0 Å². The predicted octanol–water partition coefficient (Wildman–Crippen LogP) is 3.85. The summed E-state index contributed by atoms with van der Waals surface area (Å²) in [6.07, 6.45) is 6.30. The molecule has 0 atom stereocenters. The molecule has 114 valence electrons. The van der Waals surface area contributed by atoms with Crippen molar-refractivity contribution in [3.8, 4) is 0 Å². The minimum absolute atomic E-state index is 1.08. The Kier molecular flexibility index (Phi) is 9.35. The van der Waals surface area contributed by atoms with Crippen molar-refractivity contribution in [3.05, 3.63) is 35.4 Å². The Morgan fingerprint density at radius 3 is 2.40 bits per heavy atom. The standard InChI is InChI=1S/C18H32N2/c1-4-6-9-15-20(3)16-18-11-8-7-10-17(18)12-14-19-13-5-2/h7-8,10-11,19H,4-6,9,12-16H2,1-3H3. The Hall–Kier alpha value is -0.860. The molecule has 0 aromatic heterocycles. The molecule has 1 N–H and O–H groups in total. The first kappa shape index (κ1) is 17.2. The fourth-order valence-electron chi connectivity index (χ4n) is 2.48. The third kappa shape index (κ3) is 7.06. The molecule has 2 nitrogen and oxygen atoms in total. The fourth-order valence-corrected chi connectivity index (χ4v) is 2.48. The summed E-state index contributed by atoms with van der Waals surface area (Å²) in [5.74, 6) is 0. The van der Waals surface area contributed by atoms with Crippen LogP contribution in [-0.4, -0.2) is 31.6 Å². The van der Waals surface area contributed by atoms with Crippen molar-refractivity contribution >= 4 is 0 Å². The molecule has 0 bridgehead atoms. The van der Waals surface area contributed by atoms with Crippen molar-refractivity contribution in [1.29, 1.82) is 0 Å². The van der Waals surface area contributed by atoms with Gasteiger partial charge in [-0.15, -0.1) is 0 Å². The quantitative estimate of drug-likeness (QED) is 0.618. The maximum atomic E-state index is 3.49. The Balaban J connectivity index is 2.43. The molecule has 0 radical (unpaired) electrons. The van der Waals surface area contributed by atoms with Crippen LogP contribution in [0.5, 0.6) is 0 Å². The van der Waals surface area contributed by atoms with E-state index in [-0.39, 0.29) is 0 Å². The maximum Gasteiger partial charge on any atom is 0.0233 e. The molecule has 0 saturated heterocycles. The van der Waals surface area contributed by atoms with E-state index in [1.807, 2.05) is 0 Å². The molecular weight excluding hydrogens is 244 g/mol. The minimum atomic E-state index is 1.08. The van der Waals surface area contributed by atoms with Crippen LogP contribution in [0.15, 0.2) is 24.3 Å². The molecule has 0 saturated carbocycles. The molecule has 1 aromatic rings. The van der Waals surface area contributed by atoms with Gasteiger partial charge in [-0.05, 0) is 57.1 Å². The number of hydrogen-bond donors (Lipinski definition) is 1. The summed E-state index contributed by atoms with van der Waals surface area (Å²) in [7, 11) is 2.24. The summed E-state index contributed by atoms with van der Waals surface area (Å²) in [6, 6.07) is 8.89. The molecule has 1 rings (SSSR count). The van der Waals surface area contributed by atoms with Gasteiger partial charge in [0.05, 0.1) is 0 Å². The van der Waals surface area contributed by atoms with E-state index in [9.17, 15) is 0 Å². The number of hydrogen-bond acceptors (Lipinski definition) is 2. The SMILES string of the molecule is CCCCCN(C)Cc1ccccc1CCNCCC. The zero-order valence-corrected chi connectivity index (χ0v) is 13.6. The second-order valence-electron chi connectivity index (χ2n) is 5.71. The molecule has 0 aliphatic rings. The van der Waals surface area contributed by atoms with Gasteiger partial charge >= 0.3 is 0 Å². The van der Waals surface area contributed by atoms with Crippen LogP contribution in [0.2, 0.25) is 0 Å². The summed E-state index contributed by atoms with van der Waals surface area (Å²) < 4.78 is 0. The van der Waals surface area contributed by atoms with Gasteiger partial charge in [0.15, 0.2) is 0 Å². The molecular formula is C18H32N2. The predicted molar refractivity (Wildman–Crippen MR) is 89.2 cm³/mol. The average molecular weight is 276 g/mol. The molecule has 0 aliphatic heterocycles. The maximum absolute atomic E-state index is 3.49. The summed E-state index contributed by atoms with van der Waals surface area (Å²) in [5.41, 5.74) is 2.99. The van der Waals surface area contributed by atoms with Gasteiger partial charge in [-0.25, -0.2) is 0 Å². The van der Waals surface area contributed by atoms with Gasteiger partial charge in [0.1, 0.15) is 0 Å². The molecule has 2 heteroatoms. The highest BCUT2D eigenvalue weighted by atomic mass is 15.1. The second kappa shape index (κ2) is 10.9. The fraction of sp³-hybridized carbons (Fsp3) is 0.667. The van der Waals surface area contributed by atoms with Gasteiger partial charge in [0.2, 0.25) is 0 Å². The summed E-state index contributed by atoms with van der Waals surface area (Å²) in [6.45, 7) is 8.97. The second-order valence-corrected chi connectivity index (χ2v) is 5.71. The van der Waals surface area contributed by atoms with Gasteiger partial charge < -0.3 is 10.2 Å². The van der Waals surface area contributed by atoms with Gasteiger partial charge in [-0.2, -0.15) is 0 Å². The van der Waals surface area contributed by atoms with Crippen LogP contribution in [0, 0.1) is 0 Å². The normalized spacial score (nSPS) is 11.2. The van der Waals surface area contributed by atoms with Gasteiger partial charge in [-0.3, -0.25) is 0 Å². The third-order valence-electron chi connectivity index (χ3n) is 3.70. The van der Waals surface area contributed by atoms with E-state index in [0.717, 1.165) is 26.1 Å². The Morgan fingerprint density at radius 1 is 0.950 bits per heavy atom. The van der Waals surface area contributed by atoms with Crippen LogP contribution in [-0.2, 0) is 13.0 Å². The van der Waals surface area contributed by atoms with Crippen molar-refractivity contribution in [1.82, 2.24) is 10.2 Å². The lowest BCUT2D eigenvalue weighted by Gasteiger charge is -2.19. The Bertz CT molecular complexity index is 349. The molecule has 0 aliphatic carbocycles. The summed E-state index contributed by atoms with van der Waals surface area (Å²) in [5, 5.41) is 3.49. The van der Waals surface area contributed by atoms with E-state index in [1.54, 1.807) is 0 Å². The van der Waals surface area contributed by atoms with E-state index >= 15 is 0 Å². The topological polar surface area (TPSA) is 15.3 Å². The van der Waals surface area contributed by atoms with Gasteiger partial charge in [-0.1, -0.05) is 51.0 Å². The van der Waals surface area contributed by atoms with Crippen LogP contribution < -0.4 is 5.32 Å². The lowest BCUT2D eigenvalue weighted by Crippen LogP contribution is -2.21. The number of rotatable bonds is 11. The van der Waals surface area contributed by atoms with E-state index in [1.165, 1.54) is 43.4 Å². The van der Waals surface area contributed by atoms with Crippen molar-refractivity contribution in [3.63, 3.8) is 0 Å². The number of unbranched alkanes of at least 4 members (excludes halogenated alkanes) is 2. The molecule has 1 aromatic carbocycles. The summed E-state index contributed by atoms with van der Waals surface area (Å²) in [4.78, 5) is 2.45. The largest absolute Gasteiger partial charge is 0.316 e. The summed E-state index contributed by atoms with van der Waals surface area (Å²) >= 11 is 0. The highest BCUT2D eigenvalue weighted by Gasteiger charge is 2.05. The number of nitrogens with one attached hydrogen (secondary N) is 1. The first-order valence-electron chi connectivity index (χ1n) is 8.24. The van der Waals surface area contributed by atoms with Gasteiger partial charge in [0.25, 0.3) is 0 Å². The van der Waals surface area contributed by atoms with E-state index < -0.39 is 0 Å². The molecule has 0 amide bonds. The number of nitrogens with zero attached hydrogens (tertiary/aromatic N) is 1. The first-order chi connectivity index (χ1) is 9.77. The zero-order chi connectivity index (χ0) is 14.6. The van der Waals surface area contributed by atoms with Crippen molar-refractivity contribution in [2.24, 2.45) is 0 Å². The third-order valence-corrected chi connectivity index (χ3v) is 3.70. The molecule has 0 unspecified atom stereocenters. The molecule has 0 heterocycles. The monoisotopic (exact) mass is 276 g/mol. The Morgan fingerprint density at radius 2 is 1.70 bits per heavy atom. The smallest absolute Gasteiger partial charge is 0.0233 e. The van der Waals surface area contributed by atoms with Gasteiger partial charge in [0, 0.05) is 6.54 Å². The van der Waals surface area contributed by atoms with Crippen LogP contribution in [0.25, 0.3) is 0 Å². The Labute approximate surface area is 125 Å². The molecule has 20 heavy (non-hydrogen) atoms. The highest BCUT2D eigenvalue weighted by molar-refractivity contribution is 5.27. The first-order valence-corrected chi connectivity index (χ1v) is 8.24. The van der Waals surface area contributed by atoms with Crippen LogP contribution in [0.1, 0.15) is 50.7 Å². The highest BCUT2D eigenvalue weighted by Crippen LogP contribution is 2.12. The van der Waals surface area contributed by atoms with Crippen molar-refractivity contribution in [2.45, 2.75) is 52.5 Å². The molecule has 0 fully saturated rings. The zero-order valence-electron chi connectivity index (χ0n) is 13.6. The van der Waals surface area contributed by atoms with Crippen molar-refractivity contribution < 1.29 is 0 Å². The molecule has 0 spiro atoms. The van der Waals surface area contributed by atoms with Crippen LogP contribution in [0.4, 0.5) is 0 Å². The lowest BCUT2D eigenvalue weighted by molar-refractivity contribution is 0.317. The lowest BCUT2D eigenvalue weighted by atomic mass is 10.0.